The number of aliphatic imine (C=N–C) groups is 1. The molecule has 0 bridgehead atoms. The van der Waals surface area contributed by atoms with Gasteiger partial charge in [0.05, 0.1) is 0 Å². The summed E-state index contributed by atoms with van der Waals surface area (Å²) in [5.41, 5.74) is 1.33. The highest BCUT2D eigenvalue weighted by molar-refractivity contribution is 7.07. The van der Waals surface area contributed by atoms with Crippen molar-refractivity contribution in [2.75, 3.05) is 19.6 Å². The quantitative estimate of drug-likeness (QED) is 0.499. The fourth-order valence-corrected chi connectivity index (χ4v) is 3.68. The Kier molecular flexibility index (Phi) is 8.08. The Morgan fingerprint density at radius 1 is 1.38 bits per heavy atom. The van der Waals surface area contributed by atoms with Crippen molar-refractivity contribution < 1.29 is 4.79 Å². The van der Waals surface area contributed by atoms with Crippen molar-refractivity contribution in [3.8, 4) is 0 Å². The first-order valence-electron chi connectivity index (χ1n) is 9.02. The van der Waals surface area contributed by atoms with Crippen LogP contribution in [0, 0.1) is 0 Å². The van der Waals surface area contributed by atoms with E-state index in [1.165, 1.54) is 18.4 Å². The Hall–Kier alpha value is -1.56. The lowest BCUT2D eigenvalue weighted by atomic mass is 10.1. The van der Waals surface area contributed by atoms with Crippen LogP contribution >= 0.6 is 11.3 Å². The van der Waals surface area contributed by atoms with Crippen LogP contribution in [0.15, 0.2) is 21.8 Å². The highest BCUT2D eigenvalue weighted by Crippen LogP contribution is 2.18. The number of guanidine groups is 1. The zero-order valence-corrected chi connectivity index (χ0v) is 15.6. The van der Waals surface area contributed by atoms with E-state index in [1.54, 1.807) is 11.3 Å². The molecular formula is C18H30N4OS. The molecule has 2 rings (SSSR count). The second kappa shape index (κ2) is 10.3. The first-order valence-corrected chi connectivity index (χ1v) is 9.97. The summed E-state index contributed by atoms with van der Waals surface area (Å²) < 4.78 is 0. The Balaban J connectivity index is 1.71. The van der Waals surface area contributed by atoms with Gasteiger partial charge < -0.3 is 16.0 Å². The molecule has 24 heavy (non-hydrogen) atoms. The predicted octanol–water partition coefficient (Wildman–Crippen LogP) is 2.86. The number of carbonyl (C=O) groups excluding carboxylic acids is 1. The maximum absolute atomic E-state index is 11.9. The molecule has 0 saturated heterocycles. The highest BCUT2D eigenvalue weighted by Gasteiger charge is 2.16. The summed E-state index contributed by atoms with van der Waals surface area (Å²) in [6.45, 7) is 6.39. The molecule has 0 aliphatic heterocycles. The van der Waals surface area contributed by atoms with Crippen LogP contribution in [0.2, 0.25) is 0 Å². The van der Waals surface area contributed by atoms with E-state index in [0.29, 0.717) is 24.9 Å². The van der Waals surface area contributed by atoms with Crippen LogP contribution in [0.1, 0.15) is 57.4 Å². The Morgan fingerprint density at radius 3 is 2.83 bits per heavy atom. The van der Waals surface area contributed by atoms with E-state index in [4.69, 9.17) is 0 Å². The van der Waals surface area contributed by atoms with Crippen LogP contribution < -0.4 is 16.0 Å². The maximum Gasteiger partial charge on any atom is 0.221 e. The Labute approximate surface area is 149 Å². The average molecular weight is 351 g/mol. The first kappa shape index (κ1) is 18.8. The van der Waals surface area contributed by atoms with Crippen LogP contribution in [0.3, 0.4) is 0 Å². The first-order chi connectivity index (χ1) is 11.7. The van der Waals surface area contributed by atoms with Gasteiger partial charge in [0.2, 0.25) is 5.91 Å². The molecule has 134 valence electrons. The van der Waals surface area contributed by atoms with Gasteiger partial charge in [0.1, 0.15) is 0 Å². The molecule has 0 spiro atoms. The largest absolute Gasteiger partial charge is 0.357 e. The van der Waals surface area contributed by atoms with Gasteiger partial charge in [-0.25, -0.2) is 0 Å². The monoisotopic (exact) mass is 350 g/mol. The number of hydrogen-bond donors (Lipinski definition) is 3. The summed E-state index contributed by atoms with van der Waals surface area (Å²) in [5, 5.41) is 13.9. The van der Waals surface area contributed by atoms with Crippen molar-refractivity contribution in [1.29, 1.82) is 0 Å². The van der Waals surface area contributed by atoms with Crippen molar-refractivity contribution in [1.82, 2.24) is 16.0 Å². The molecule has 1 amide bonds. The number of carbonyl (C=O) groups is 1. The fraction of sp³-hybridized carbons (Fsp3) is 0.667. The van der Waals surface area contributed by atoms with Crippen molar-refractivity contribution in [2.24, 2.45) is 4.99 Å². The van der Waals surface area contributed by atoms with E-state index >= 15 is 0 Å². The molecule has 6 heteroatoms. The second-order valence-electron chi connectivity index (χ2n) is 6.40. The van der Waals surface area contributed by atoms with Gasteiger partial charge in [0.15, 0.2) is 5.96 Å². The average Bonchev–Trinajstić information content (AvgIpc) is 3.25. The lowest BCUT2D eigenvalue weighted by molar-refractivity contribution is -0.121. The molecule has 1 aromatic rings. The van der Waals surface area contributed by atoms with Crippen LogP contribution in [-0.4, -0.2) is 37.5 Å². The summed E-state index contributed by atoms with van der Waals surface area (Å²) in [5.74, 6) is 1.32. The van der Waals surface area contributed by atoms with Crippen molar-refractivity contribution in [2.45, 2.75) is 57.9 Å². The van der Waals surface area contributed by atoms with Crippen LogP contribution in [0.25, 0.3) is 0 Å². The standard InChI is InChI=1S/C18H30N4OS/c1-3-19-18(21-12-14(2)15-9-11-24-13-15)20-10-8-17(23)22-16-6-4-5-7-16/h9,11,13-14,16H,3-8,10,12H2,1-2H3,(H,22,23)(H2,19,20,21). The van der Waals surface area contributed by atoms with Gasteiger partial charge in [0.25, 0.3) is 0 Å². The van der Waals surface area contributed by atoms with E-state index in [9.17, 15) is 4.79 Å². The molecule has 5 nitrogen and oxygen atoms in total. The summed E-state index contributed by atoms with van der Waals surface area (Å²) >= 11 is 1.72. The van der Waals surface area contributed by atoms with E-state index in [0.717, 1.165) is 31.9 Å². The third kappa shape index (κ3) is 6.51. The van der Waals surface area contributed by atoms with Crippen LogP contribution in [0.4, 0.5) is 0 Å². The molecule has 1 unspecified atom stereocenters. The summed E-state index contributed by atoms with van der Waals surface area (Å²) in [6.07, 6.45) is 5.22. The van der Waals surface area contributed by atoms with Crippen molar-refractivity contribution in [3.05, 3.63) is 22.4 Å². The van der Waals surface area contributed by atoms with Gasteiger partial charge in [0, 0.05) is 38.0 Å². The topological polar surface area (TPSA) is 65.5 Å². The van der Waals surface area contributed by atoms with Gasteiger partial charge >= 0.3 is 0 Å². The van der Waals surface area contributed by atoms with Gasteiger partial charge in [-0.15, -0.1) is 0 Å². The Bertz CT molecular complexity index is 509. The van der Waals surface area contributed by atoms with Gasteiger partial charge in [-0.2, -0.15) is 11.3 Å². The number of amides is 1. The Morgan fingerprint density at radius 2 is 2.17 bits per heavy atom. The normalized spacial score (nSPS) is 16.8. The van der Waals surface area contributed by atoms with E-state index in [-0.39, 0.29) is 5.91 Å². The molecule has 1 aliphatic rings. The van der Waals surface area contributed by atoms with E-state index in [1.807, 2.05) is 6.92 Å². The highest BCUT2D eigenvalue weighted by atomic mass is 32.1. The molecule has 1 saturated carbocycles. The molecule has 1 aliphatic carbocycles. The minimum Gasteiger partial charge on any atom is -0.357 e. The lowest BCUT2D eigenvalue weighted by Crippen LogP contribution is -2.40. The van der Waals surface area contributed by atoms with Crippen molar-refractivity contribution in [3.63, 3.8) is 0 Å². The minimum absolute atomic E-state index is 0.136. The zero-order chi connectivity index (χ0) is 17.2. The molecule has 3 N–H and O–H groups in total. The number of hydrogen-bond acceptors (Lipinski definition) is 3. The van der Waals surface area contributed by atoms with Crippen molar-refractivity contribution >= 4 is 23.2 Å². The number of thiophene rings is 1. The van der Waals surface area contributed by atoms with Gasteiger partial charge in [-0.3, -0.25) is 9.79 Å². The molecule has 0 aromatic carbocycles. The third-order valence-corrected chi connectivity index (χ3v) is 5.05. The molecule has 1 heterocycles. The summed E-state index contributed by atoms with van der Waals surface area (Å²) in [6, 6.07) is 2.55. The smallest absolute Gasteiger partial charge is 0.221 e. The fourth-order valence-electron chi connectivity index (χ4n) is 2.90. The molecule has 1 atom stereocenters. The zero-order valence-electron chi connectivity index (χ0n) is 14.8. The third-order valence-electron chi connectivity index (χ3n) is 4.34. The molecule has 1 aromatic heterocycles. The molecule has 1 fully saturated rings. The summed E-state index contributed by atoms with van der Waals surface area (Å²) in [4.78, 5) is 16.6. The lowest BCUT2D eigenvalue weighted by Gasteiger charge is -2.14. The number of nitrogens with one attached hydrogen (secondary N) is 3. The molecule has 0 radical (unpaired) electrons. The molecular weight excluding hydrogens is 320 g/mol. The number of nitrogens with zero attached hydrogens (tertiary/aromatic N) is 1. The minimum atomic E-state index is 0.136. The van der Waals surface area contributed by atoms with E-state index < -0.39 is 0 Å². The predicted molar refractivity (Wildman–Crippen MR) is 102 cm³/mol. The maximum atomic E-state index is 11.9. The van der Waals surface area contributed by atoms with Gasteiger partial charge in [-0.05, 0) is 42.2 Å². The summed E-state index contributed by atoms with van der Waals surface area (Å²) in [7, 11) is 0. The van der Waals surface area contributed by atoms with Crippen LogP contribution in [-0.2, 0) is 4.79 Å². The van der Waals surface area contributed by atoms with E-state index in [2.05, 4.69) is 44.7 Å². The second-order valence-corrected chi connectivity index (χ2v) is 7.18. The van der Waals surface area contributed by atoms with Gasteiger partial charge in [-0.1, -0.05) is 19.8 Å². The van der Waals surface area contributed by atoms with Crippen LogP contribution in [0.5, 0.6) is 0 Å². The number of rotatable bonds is 8. The SMILES string of the molecule is CCNC(=NCC(C)c1ccsc1)NCCC(=O)NC1CCCC1.